The van der Waals surface area contributed by atoms with Crippen LogP contribution in [0.2, 0.25) is 0 Å². The van der Waals surface area contributed by atoms with Gasteiger partial charge in [-0.15, -0.1) is 0 Å². The third-order valence-electron chi connectivity index (χ3n) is 3.90. The summed E-state index contributed by atoms with van der Waals surface area (Å²) in [4.78, 5) is 37.6. The van der Waals surface area contributed by atoms with Crippen LogP contribution in [0.25, 0.3) is 0 Å². The first-order valence-electron chi connectivity index (χ1n) is 7.54. The summed E-state index contributed by atoms with van der Waals surface area (Å²) in [5.74, 6) is -3.72. The number of halogens is 3. The van der Waals surface area contributed by atoms with E-state index in [0.29, 0.717) is 0 Å². The quantitative estimate of drug-likeness (QED) is 0.680. The lowest BCUT2D eigenvalue weighted by atomic mass is 9.87. The Labute approximate surface area is 150 Å². The Kier molecular flexibility index (Phi) is 5.58. The van der Waals surface area contributed by atoms with E-state index in [9.17, 15) is 32.7 Å². The van der Waals surface area contributed by atoms with Crippen LogP contribution in [0.5, 0.6) is 5.75 Å². The minimum atomic E-state index is -4.57. The molecule has 0 spiro atoms. The minimum absolute atomic E-state index is 0.129. The van der Waals surface area contributed by atoms with Crippen molar-refractivity contribution in [2.45, 2.75) is 18.5 Å². The third-order valence-corrected chi connectivity index (χ3v) is 3.90. The number of hydrogen-bond acceptors (Lipinski definition) is 5. The molecule has 4 N–H and O–H groups in total. The molecule has 1 aromatic heterocycles. The van der Waals surface area contributed by atoms with Gasteiger partial charge >= 0.3 is 12.1 Å². The van der Waals surface area contributed by atoms with Gasteiger partial charge in [0.25, 0.3) is 5.56 Å². The van der Waals surface area contributed by atoms with Crippen molar-refractivity contribution in [3.63, 3.8) is 0 Å². The predicted octanol–water partition coefficient (Wildman–Crippen LogP) is 1.89. The van der Waals surface area contributed by atoms with Crippen LogP contribution in [0.1, 0.15) is 39.4 Å². The molecule has 0 bridgehead atoms. The monoisotopic (exact) mass is 384 g/mol. The van der Waals surface area contributed by atoms with Gasteiger partial charge in [0.15, 0.2) is 0 Å². The fourth-order valence-corrected chi connectivity index (χ4v) is 2.62. The van der Waals surface area contributed by atoms with Crippen molar-refractivity contribution in [1.82, 2.24) is 4.98 Å². The summed E-state index contributed by atoms with van der Waals surface area (Å²) >= 11 is 0. The molecule has 0 saturated heterocycles. The Hall–Kier alpha value is -3.30. The standard InChI is InChI=1S/C17H15F3N2O5/c1-27-16(26)11-7-22-15(25)13(14(11)24)10(6-12(21)23)8-2-4-9(5-3-8)17(18,19)20/h2-5,7,10H,6H2,1H3,(H2,21,23)(H2,22,24,25). The molecule has 10 heteroatoms. The highest BCUT2D eigenvalue weighted by Crippen LogP contribution is 2.35. The molecule has 1 heterocycles. The molecule has 1 unspecified atom stereocenters. The molecule has 1 amide bonds. The number of nitrogens with one attached hydrogen (secondary N) is 1. The number of aromatic nitrogens is 1. The maximum Gasteiger partial charge on any atom is 0.416 e. The summed E-state index contributed by atoms with van der Waals surface area (Å²) in [6.45, 7) is 0. The SMILES string of the molecule is COC(=O)c1c[nH]c(=O)c(C(CC(N)=O)c2ccc(C(F)(F)F)cc2)c1O. The Bertz CT molecular complexity index is 920. The van der Waals surface area contributed by atoms with E-state index in [1.54, 1.807) is 0 Å². The summed E-state index contributed by atoms with van der Waals surface area (Å²) < 4.78 is 42.7. The number of esters is 1. The normalized spacial score (nSPS) is 12.4. The van der Waals surface area contributed by atoms with Crippen LogP contribution in [0, 0.1) is 0 Å². The smallest absolute Gasteiger partial charge is 0.416 e. The molecule has 0 saturated carbocycles. The fourth-order valence-electron chi connectivity index (χ4n) is 2.62. The number of methoxy groups -OCH3 is 1. The van der Waals surface area contributed by atoms with Crippen molar-refractivity contribution in [2.24, 2.45) is 5.73 Å². The number of aromatic amines is 1. The topological polar surface area (TPSA) is 122 Å². The number of ether oxygens (including phenoxy) is 1. The fraction of sp³-hybridized carbons (Fsp3) is 0.235. The van der Waals surface area contributed by atoms with Gasteiger partial charge in [-0.3, -0.25) is 9.59 Å². The number of primary amides is 1. The summed E-state index contributed by atoms with van der Waals surface area (Å²) in [6, 6.07) is 3.69. The zero-order valence-corrected chi connectivity index (χ0v) is 14.0. The number of hydrogen-bond donors (Lipinski definition) is 3. The van der Waals surface area contributed by atoms with Crippen molar-refractivity contribution in [3.8, 4) is 5.75 Å². The van der Waals surface area contributed by atoms with E-state index in [2.05, 4.69) is 9.72 Å². The maximum absolute atomic E-state index is 12.7. The molecule has 0 fully saturated rings. The second-order valence-corrected chi connectivity index (χ2v) is 5.63. The minimum Gasteiger partial charge on any atom is -0.506 e. The van der Waals surface area contributed by atoms with E-state index in [1.807, 2.05) is 0 Å². The first-order valence-corrected chi connectivity index (χ1v) is 7.54. The Morgan fingerprint density at radius 3 is 2.33 bits per heavy atom. The van der Waals surface area contributed by atoms with Crippen molar-refractivity contribution in [2.75, 3.05) is 7.11 Å². The molecule has 27 heavy (non-hydrogen) atoms. The molecule has 0 aliphatic heterocycles. The van der Waals surface area contributed by atoms with E-state index in [0.717, 1.165) is 37.6 Å². The van der Waals surface area contributed by atoms with Gasteiger partial charge in [0.1, 0.15) is 11.3 Å². The van der Waals surface area contributed by atoms with Gasteiger partial charge in [-0.05, 0) is 17.7 Å². The number of nitrogens with two attached hydrogens (primary N) is 1. The second-order valence-electron chi connectivity index (χ2n) is 5.63. The van der Waals surface area contributed by atoms with Crippen molar-refractivity contribution < 1.29 is 32.6 Å². The van der Waals surface area contributed by atoms with Gasteiger partial charge < -0.3 is 20.6 Å². The highest BCUT2D eigenvalue weighted by atomic mass is 19.4. The molecule has 0 aliphatic carbocycles. The summed E-state index contributed by atoms with van der Waals surface area (Å²) in [6.07, 6.45) is -4.12. The van der Waals surface area contributed by atoms with Crippen molar-refractivity contribution in [1.29, 1.82) is 0 Å². The number of benzene rings is 1. The first kappa shape index (κ1) is 20.0. The van der Waals surface area contributed by atoms with Gasteiger partial charge in [0.2, 0.25) is 5.91 Å². The first-order chi connectivity index (χ1) is 12.6. The highest BCUT2D eigenvalue weighted by Gasteiger charge is 2.31. The maximum atomic E-state index is 12.7. The predicted molar refractivity (Wildman–Crippen MR) is 87.2 cm³/mol. The average molecular weight is 384 g/mol. The van der Waals surface area contributed by atoms with E-state index in [-0.39, 0.29) is 16.7 Å². The van der Waals surface area contributed by atoms with Gasteiger partial charge in [0, 0.05) is 18.5 Å². The number of aromatic hydroxyl groups is 1. The summed E-state index contributed by atoms with van der Waals surface area (Å²) in [7, 11) is 1.06. The average Bonchev–Trinajstić information content (AvgIpc) is 2.59. The van der Waals surface area contributed by atoms with E-state index in [1.165, 1.54) is 0 Å². The van der Waals surface area contributed by atoms with Gasteiger partial charge in [-0.1, -0.05) is 12.1 Å². The number of rotatable bonds is 5. The lowest BCUT2D eigenvalue weighted by molar-refractivity contribution is -0.137. The van der Waals surface area contributed by atoms with Crippen molar-refractivity contribution >= 4 is 11.9 Å². The number of alkyl halides is 3. The van der Waals surface area contributed by atoms with Crippen LogP contribution in [0.4, 0.5) is 13.2 Å². The van der Waals surface area contributed by atoms with Gasteiger partial charge in [0.05, 0.1) is 18.2 Å². The molecule has 2 rings (SSSR count). The van der Waals surface area contributed by atoms with Gasteiger partial charge in [-0.25, -0.2) is 4.79 Å². The number of pyridine rings is 1. The Morgan fingerprint density at radius 2 is 1.85 bits per heavy atom. The molecule has 144 valence electrons. The van der Waals surface area contributed by atoms with Crippen LogP contribution in [-0.4, -0.2) is 29.1 Å². The molecule has 0 radical (unpaired) electrons. The summed E-state index contributed by atoms with van der Waals surface area (Å²) in [5, 5.41) is 10.3. The highest BCUT2D eigenvalue weighted by molar-refractivity contribution is 5.92. The molecule has 7 nitrogen and oxygen atoms in total. The molecular formula is C17H15F3N2O5. The number of carbonyl (C=O) groups excluding carboxylic acids is 2. The largest absolute Gasteiger partial charge is 0.506 e. The molecule has 0 aliphatic rings. The molecule has 2 aromatic rings. The van der Waals surface area contributed by atoms with Crippen LogP contribution < -0.4 is 11.3 Å². The zero-order valence-electron chi connectivity index (χ0n) is 14.0. The van der Waals surface area contributed by atoms with E-state index >= 15 is 0 Å². The number of H-pyrrole nitrogens is 1. The Balaban J connectivity index is 2.63. The molecule has 1 aromatic carbocycles. The zero-order chi connectivity index (χ0) is 20.4. The van der Waals surface area contributed by atoms with Crippen LogP contribution in [0.15, 0.2) is 35.3 Å². The molecular weight excluding hydrogens is 369 g/mol. The van der Waals surface area contributed by atoms with Gasteiger partial charge in [-0.2, -0.15) is 13.2 Å². The second kappa shape index (κ2) is 7.52. The number of amides is 1. The van der Waals surface area contributed by atoms with Crippen molar-refractivity contribution in [3.05, 3.63) is 63.1 Å². The van der Waals surface area contributed by atoms with Crippen LogP contribution in [0.3, 0.4) is 0 Å². The number of carbonyl (C=O) groups is 2. The summed E-state index contributed by atoms with van der Waals surface area (Å²) in [5.41, 5.74) is 2.82. The van der Waals surface area contributed by atoms with Crippen LogP contribution >= 0.6 is 0 Å². The Morgan fingerprint density at radius 1 is 1.26 bits per heavy atom. The lowest BCUT2D eigenvalue weighted by Crippen LogP contribution is -2.24. The van der Waals surface area contributed by atoms with E-state index < -0.39 is 47.3 Å². The molecule has 1 atom stereocenters. The lowest BCUT2D eigenvalue weighted by Gasteiger charge is -2.18. The van der Waals surface area contributed by atoms with E-state index in [4.69, 9.17) is 5.73 Å². The van der Waals surface area contributed by atoms with Crippen LogP contribution in [-0.2, 0) is 15.7 Å². The third kappa shape index (κ3) is 4.27.